The van der Waals surface area contributed by atoms with E-state index in [9.17, 15) is 14.7 Å². The molecule has 3 rings (SSSR count). The van der Waals surface area contributed by atoms with Gasteiger partial charge in [-0.05, 0) is 45.2 Å². The fraction of sp³-hybridized carbons (Fsp3) is 0.867. The fourth-order valence-corrected chi connectivity index (χ4v) is 3.99. The second-order valence-corrected chi connectivity index (χ2v) is 6.66. The largest absolute Gasteiger partial charge is 0.480 e. The fourth-order valence-electron chi connectivity index (χ4n) is 3.99. The van der Waals surface area contributed by atoms with Crippen LogP contribution in [0.5, 0.6) is 0 Å². The number of carboxylic acid groups (broad SMARTS) is 1. The van der Waals surface area contributed by atoms with E-state index in [2.05, 4.69) is 10.2 Å². The number of likely N-dealkylation sites (tertiary alicyclic amines) is 2. The second kappa shape index (κ2) is 5.83. The number of carbonyl (C=O) groups excluding carboxylic acids is 1. The summed E-state index contributed by atoms with van der Waals surface area (Å²) >= 11 is 0. The average Bonchev–Trinajstić information content (AvgIpc) is 3.20. The molecule has 6 nitrogen and oxygen atoms in total. The Labute approximate surface area is 125 Å². The second-order valence-electron chi connectivity index (χ2n) is 6.66. The van der Waals surface area contributed by atoms with Crippen LogP contribution in [0.25, 0.3) is 0 Å². The Bertz CT molecular complexity index is 414. The Morgan fingerprint density at radius 1 is 1.05 bits per heavy atom. The van der Waals surface area contributed by atoms with Crippen LogP contribution in [0.1, 0.15) is 44.9 Å². The van der Waals surface area contributed by atoms with Gasteiger partial charge in [-0.15, -0.1) is 0 Å². The molecule has 0 aromatic heterocycles. The molecule has 0 aromatic carbocycles. The number of aliphatic carboxylic acids is 1. The molecular formula is C15H25N3O3. The Hall–Kier alpha value is -1.30. The summed E-state index contributed by atoms with van der Waals surface area (Å²) in [6, 6.07) is 0.267. The van der Waals surface area contributed by atoms with Crippen LogP contribution in [0.4, 0.5) is 4.79 Å². The first-order chi connectivity index (χ1) is 10.1. The van der Waals surface area contributed by atoms with Crippen LogP contribution in [-0.2, 0) is 4.79 Å². The van der Waals surface area contributed by atoms with Crippen molar-refractivity contribution in [2.45, 2.75) is 56.5 Å². The lowest BCUT2D eigenvalue weighted by atomic mass is 9.98. The summed E-state index contributed by atoms with van der Waals surface area (Å²) in [5, 5.41) is 12.3. The van der Waals surface area contributed by atoms with Crippen molar-refractivity contribution >= 4 is 12.0 Å². The lowest BCUT2D eigenvalue weighted by Gasteiger charge is -2.29. The van der Waals surface area contributed by atoms with E-state index >= 15 is 0 Å². The van der Waals surface area contributed by atoms with Gasteiger partial charge in [0, 0.05) is 19.1 Å². The number of urea groups is 1. The number of carbonyl (C=O) groups is 2. The first-order valence-corrected chi connectivity index (χ1v) is 8.15. The zero-order chi connectivity index (χ0) is 14.9. The van der Waals surface area contributed by atoms with Gasteiger partial charge in [0.15, 0.2) is 0 Å². The topological polar surface area (TPSA) is 72.9 Å². The van der Waals surface area contributed by atoms with E-state index in [4.69, 9.17) is 0 Å². The first-order valence-electron chi connectivity index (χ1n) is 8.15. The van der Waals surface area contributed by atoms with Crippen LogP contribution in [0.2, 0.25) is 0 Å². The predicted octanol–water partition coefficient (Wildman–Crippen LogP) is 1.26. The van der Waals surface area contributed by atoms with Gasteiger partial charge < -0.3 is 15.3 Å². The van der Waals surface area contributed by atoms with Crippen molar-refractivity contribution in [3.63, 3.8) is 0 Å². The van der Waals surface area contributed by atoms with Gasteiger partial charge >= 0.3 is 12.0 Å². The van der Waals surface area contributed by atoms with Crippen LogP contribution in [0.3, 0.4) is 0 Å². The minimum atomic E-state index is -1.02. The van der Waals surface area contributed by atoms with Gasteiger partial charge in [0.2, 0.25) is 0 Å². The van der Waals surface area contributed by atoms with E-state index in [0.717, 1.165) is 45.4 Å². The monoisotopic (exact) mass is 295 g/mol. The van der Waals surface area contributed by atoms with Crippen molar-refractivity contribution in [1.82, 2.24) is 15.1 Å². The van der Waals surface area contributed by atoms with Crippen LogP contribution in [-0.4, -0.2) is 64.7 Å². The summed E-state index contributed by atoms with van der Waals surface area (Å²) in [5.74, 6) is -0.886. The van der Waals surface area contributed by atoms with Crippen molar-refractivity contribution in [2.75, 3.05) is 26.2 Å². The Kier molecular flexibility index (Phi) is 4.06. The van der Waals surface area contributed by atoms with Gasteiger partial charge in [-0.2, -0.15) is 0 Å². The molecule has 3 aliphatic rings. The van der Waals surface area contributed by atoms with Gasteiger partial charge in [0.1, 0.15) is 5.54 Å². The average molecular weight is 295 g/mol. The molecule has 2 heterocycles. The normalized spacial score (nSPS) is 29.0. The molecule has 0 aromatic rings. The van der Waals surface area contributed by atoms with E-state index in [1.54, 1.807) is 4.90 Å². The third-order valence-electron chi connectivity index (χ3n) is 5.32. The SMILES string of the molecule is O=C(NC1(C(=O)O)CCCC1)N1CCC(N2CCCC2)C1. The van der Waals surface area contributed by atoms with Crippen molar-refractivity contribution in [1.29, 1.82) is 0 Å². The molecule has 1 atom stereocenters. The molecule has 2 aliphatic heterocycles. The first kappa shape index (κ1) is 14.6. The molecular weight excluding hydrogens is 270 g/mol. The predicted molar refractivity (Wildman–Crippen MR) is 78.2 cm³/mol. The van der Waals surface area contributed by atoms with E-state index in [0.29, 0.717) is 18.9 Å². The number of rotatable bonds is 3. The highest BCUT2D eigenvalue weighted by molar-refractivity contribution is 5.86. The Morgan fingerprint density at radius 3 is 2.33 bits per heavy atom. The molecule has 3 fully saturated rings. The Balaban J connectivity index is 1.57. The third-order valence-corrected chi connectivity index (χ3v) is 5.32. The van der Waals surface area contributed by atoms with Crippen molar-refractivity contribution in [2.24, 2.45) is 0 Å². The standard InChI is InChI=1S/C15H25N3O3/c19-13(20)15(6-1-2-7-15)16-14(21)18-10-5-12(11-18)17-8-3-4-9-17/h12H,1-11H2,(H,16,21)(H,19,20). The summed E-state index contributed by atoms with van der Waals surface area (Å²) in [6.07, 6.45) is 6.38. The van der Waals surface area contributed by atoms with E-state index < -0.39 is 11.5 Å². The molecule has 0 radical (unpaired) electrons. The van der Waals surface area contributed by atoms with Crippen LogP contribution in [0, 0.1) is 0 Å². The van der Waals surface area contributed by atoms with Gasteiger partial charge in [0.05, 0.1) is 0 Å². The summed E-state index contributed by atoms with van der Waals surface area (Å²) < 4.78 is 0. The number of amides is 2. The van der Waals surface area contributed by atoms with Crippen molar-refractivity contribution in [3.8, 4) is 0 Å². The molecule has 2 amide bonds. The van der Waals surface area contributed by atoms with Gasteiger partial charge in [0.25, 0.3) is 0 Å². The van der Waals surface area contributed by atoms with Crippen molar-refractivity contribution in [3.05, 3.63) is 0 Å². The molecule has 6 heteroatoms. The summed E-state index contributed by atoms with van der Waals surface area (Å²) in [4.78, 5) is 28.2. The zero-order valence-corrected chi connectivity index (χ0v) is 12.5. The minimum absolute atomic E-state index is 0.194. The van der Waals surface area contributed by atoms with E-state index in [1.165, 1.54) is 12.8 Å². The van der Waals surface area contributed by atoms with Crippen LogP contribution in [0.15, 0.2) is 0 Å². The van der Waals surface area contributed by atoms with Gasteiger partial charge in [-0.3, -0.25) is 4.90 Å². The van der Waals surface area contributed by atoms with Crippen LogP contribution >= 0.6 is 0 Å². The number of nitrogens with zero attached hydrogens (tertiary/aromatic N) is 2. The number of nitrogens with one attached hydrogen (secondary N) is 1. The maximum absolute atomic E-state index is 12.4. The molecule has 0 bridgehead atoms. The molecule has 1 unspecified atom stereocenters. The molecule has 1 aliphatic carbocycles. The molecule has 2 N–H and O–H groups in total. The lowest BCUT2D eigenvalue weighted by molar-refractivity contribution is -0.144. The molecule has 2 saturated heterocycles. The van der Waals surface area contributed by atoms with Crippen molar-refractivity contribution < 1.29 is 14.7 Å². The van der Waals surface area contributed by atoms with Crippen LogP contribution < -0.4 is 5.32 Å². The van der Waals surface area contributed by atoms with Gasteiger partial charge in [-0.25, -0.2) is 9.59 Å². The highest BCUT2D eigenvalue weighted by Crippen LogP contribution is 2.30. The number of hydrogen-bond donors (Lipinski definition) is 2. The highest BCUT2D eigenvalue weighted by Gasteiger charge is 2.44. The number of hydrogen-bond acceptors (Lipinski definition) is 3. The minimum Gasteiger partial charge on any atom is -0.480 e. The lowest BCUT2D eigenvalue weighted by Crippen LogP contribution is -2.56. The summed E-state index contributed by atoms with van der Waals surface area (Å²) in [7, 11) is 0. The molecule has 0 spiro atoms. The molecule has 1 saturated carbocycles. The quantitative estimate of drug-likeness (QED) is 0.822. The Morgan fingerprint density at radius 2 is 1.71 bits per heavy atom. The smallest absolute Gasteiger partial charge is 0.329 e. The highest BCUT2D eigenvalue weighted by atomic mass is 16.4. The third kappa shape index (κ3) is 2.86. The maximum atomic E-state index is 12.4. The van der Waals surface area contributed by atoms with E-state index in [1.807, 2.05) is 0 Å². The van der Waals surface area contributed by atoms with E-state index in [-0.39, 0.29) is 6.03 Å². The summed E-state index contributed by atoms with van der Waals surface area (Å²) in [5.41, 5.74) is -1.02. The zero-order valence-electron chi connectivity index (χ0n) is 12.5. The summed E-state index contributed by atoms with van der Waals surface area (Å²) in [6.45, 7) is 3.75. The molecule has 118 valence electrons. The van der Waals surface area contributed by atoms with Gasteiger partial charge in [-0.1, -0.05) is 12.8 Å². The number of carboxylic acids is 1. The maximum Gasteiger partial charge on any atom is 0.329 e. The molecule has 21 heavy (non-hydrogen) atoms.